The predicted molar refractivity (Wildman–Crippen MR) is 86.3 cm³/mol. The van der Waals surface area contributed by atoms with Crippen LogP contribution in [0.3, 0.4) is 0 Å². The number of ether oxygens (including phenoxy) is 1. The molecule has 118 valence electrons. The van der Waals surface area contributed by atoms with E-state index < -0.39 is 0 Å². The maximum atomic E-state index is 12.5. The SMILES string of the molecule is CCC1NC(c2cccs2)N(CCCCOC(C)C)C1=O. The Morgan fingerprint density at radius 1 is 1.43 bits per heavy atom. The first-order valence-electron chi connectivity index (χ1n) is 7.85. The lowest BCUT2D eigenvalue weighted by molar-refractivity contribution is -0.130. The Morgan fingerprint density at radius 3 is 2.86 bits per heavy atom. The van der Waals surface area contributed by atoms with E-state index in [0.717, 1.165) is 32.4 Å². The Bertz CT molecular complexity index is 433. The van der Waals surface area contributed by atoms with Gasteiger partial charge < -0.3 is 9.64 Å². The van der Waals surface area contributed by atoms with Gasteiger partial charge in [0.05, 0.1) is 12.1 Å². The fraction of sp³-hybridized carbons (Fsp3) is 0.688. The zero-order valence-corrected chi connectivity index (χ0v) is 14.0. The highest BCUT2D eigenvalue weighted by molar-refractivity contribution is 7.10. The first-order chi connectivity index (χ1) is 10.1. The molecule has 4 nitrogen and oxygen atoms in total. The molecule has 2 atom stereocenters. The molecular weight excluding hydrogens is 284 g/mol. The van der Waals surface area contributed by atoms with Gasteiger partial charge in [0.25, 0.3) is 0 Å². The molecule has 5 heteroatoms. The second-order valence-electron chi connectivity index (χ2n) is 5.70. The van der Waals surface area contributed by atoms with Gasteiger partial charge in [-0.05, 0) is 44.6 Å². The zero-order valence-electron chi connectivity index (χ0n) is 13.2. The first kappa shape index (κ1) is 16.5. The Kier molecular flexibility index (Phi) is 6.21. The van der Waals surface area contributed by atoms with Crippen molar-refractivity contribution in [2.45, 2.75) is 58.3 Å². The van der Waals surface area contributed by atoms with Crippen LogP contribution in [0.4, 0.5) is 0 Å². The molecule has 0 aliphatic carbocycles. The van der Waals surface area contributed by atoms with Crippen molar-refractivity contribution in [3.05, 3.63) is 22.4 Å². The maximum absolute atomic E-state index is 12.5. The third-order valence-corrected chi connectivity index (χ3v) is 4.64. The van der Waals surface area contributed by atoms with Gasteiger partial charge in [-0.3, -0.25) is 10.1 Å². The minimum Gasteiger partial charge on any atom is -0.379 e. The van der Waals surface area contributed by atoms with Crippen LogP contribution in [0.1, 0.15) is 51.1 Å². The van der Waals surface area contributed by atoms with Crippen molar-refractivity contribution in [3.8, 4) is 0 Å². The number of hydrogen-bond donors (Lipinski definition) is 1. The van der Waals surface area contributed by atoms with Crippen molar-refractivity contribution in [2.24, 2.45) is 0 Å². The van der Waals surface area contributed by atoms with Gasteiger partial charge in [0.1, 0.15) is 6.17 Å². The van der Waals surface area contributed by atoms with E-state index in [2.05, 4.69) is 23.7 Å². The molecule has 0 bridgehead atoms. The highest BCUT2D eigenvalue weighted by atomic mass is 32.1. The van der Waals surface area contributed by atoms with Crippen LogP contribution >= 0.6 is 11.3 Å². The van der Waals surface area contributed by atoms with Crippen LogP contribution in [0.5, 0.6) is 0 Å². The number of carbonyl (C=O) groups is 1. The van der Waals surface area contributed by atoms with E-state index in [1.807, 2.05) is 24.8 Å². The molecule has 2 unspecified atom stereocenters. The lowest BCUT2D eigenvalue weighted by Crippen LogP contribution is -2.31. The summed E-state index contributed by atoms with van der Waals surface area (Å²) in [6, 6.07) is 4.10. The first-order valence-corrected chi connectivity index (χ1v) is 8.73. The standard InChI is InChI=1S/C16H26N2O2S/c1-4-13-16(19)18(9-5-6-10-20-12(2)3)15(17-13)14-8-7-11-21-14/h7-8,11-13,15,17H,4-6,9-10H2,1-3H3. The molecule has 1 saturated heterocycles. The zero-order chi connectivity index (χ0) is 15.2. The summed E-state index contributed by atoms with van der Waals surface area (Å²) in [5.74, 6) is 0.237. The number of thiophene rings is 1. The molecule has 1 amide bonds. The molecule has 1 N–H and O–H groups in total. The van der Waals surface area contributed by atoms with Gasteiger partial charge in [0.2, 0.25) is 5.91 Å². The number of amides is 1. The van der Waals surface area contributed by atoms with E-state index in [4.69, 9.17) is 4.74 Å². The average Bonchev–Trinajstić information content (AvgIpc) is 3.07. The van der Waals surface area contributed by atoms with Crippen LogP contribution in [-0.4, -0.2) is 36.1 Å². The molecule has 2 rings (SSSR count). The molecule has 1 aromatic heterocycles. The number of hydrogen-bond acceptors (Lipinski definition) is 4. The van der Waals surface area contributed by atoms with Crippen LogP contribution in [0.15, 0.2) is 17.5 Å². The van der Waals surface area contributed by atoms with Crippen LogP contribution in [0, 0.1) is 0 Å². The normalized spacial score (nSPS) is 22.5. The van der Waals surface area contributed by atoms with E-state index in [0.29, 0.717) is 0 Å². The number of nitrogens with one attached hydrogen (secondary N) is 1. The van der Waals surface area contributed by atoms with Crippen molar-refractivity contribution < 1.29 is 9.53 Å². The number of unbranched alkanes of at least 4 members (excludes halogenated alkanes) is 1. The van der Waals surface area contributed by atoms with Crippen molar-refractivity contribution in [3.63, 3.8) is 0 Å². The van der Waals surface area contributed by atoms with Crippen LogP contribution in [0.2, 0.25) is 0 Å². The van der Waals surface area contributed by atoms with Crippen molar-refractivity contribution in [1.29, 1.82) is 0 Å². The minimum atomic E-state index is -0.0379. The summed E-state index contributed by atoms with van der Waals surface area (Å²) in [5, 5.41) is 5.52. The van der Waals surface area contributed by atoms with Gasteiger partial charge in [-0.2, -0.15) is 0 Å². The molecule has 1 aliphatic heterocycles. The molecule has 21 heavy (non-hydrogen) atoms. The lowest BCUT2D eigenvalue weighted by Gasteiger charge is -2.23. The van der Waals surface area contributed by atoms with Crippen molar-refractivity contribution >= 4 is 17.2 Å². The minimum absolute atomic E-state index is 0.0379. The average molecular weight is 310 g/mol. The lowest BCUT2D eigenvalue weighted by atomic mass is 10.2. The number of carbonyl (C=O) groups excluding carboxylic acids is 1. The summed E-state index contributed by atoms with van der Waals surface area (Å²) < 4.78 is 5.56. The van der Waals surface area contributed by atoms with E-state index >= 15 is 0 Å². The second kappa shape index (κ2) is 7.92. The smallest absolute Gasteiger partial charge is 0.241 e. The van der Waals surface area contributed by atoms with E-state index in [1.54, 1.807) is 11.3 Å². The van der Waals surface area contributed by atoms with Gasteiger partial charge in [-0.1, -0.05) is 13.0 Å². The fourth-order valence-corrected chi connectivity index (χ4v) is 3.39. The van der Waals surface area contributed by atoms with Gasteiger partial charge in [-0.25, -0.2) is 0 Å². The van der Waals surface area contributed by atoms with Gasteiger partial charge in [0.15, 0.2) is 0 Å². The van der Waals surface area contributed by atoms with Gasteiger partial charge >= 0.3 is 0 Å². The molecule has 1 aromatic rings. The Morgan fingerprint density at radius 2 is 2.24 bits per heavy atom. The predicted octanol–water partition coefficient (Wildman–Crippen LogP) is 3.16. The van der Waals surface area contributed by atoms with Crippen LogP contribution in [0.25, 0.3) is 0 Å². The van der Waals surface area contributed by atoms with Crippen molar-refractivity contribution in [1.82, 2.24) is 10.2 Å². The summed E-state index contributed by atoms with van der Waals surface area (Å²) in [7, 11) is 0. The van der Waals surface area contributed by atoms with Crippen molar-refractivity contribution in [2.75, 3.05) is 13.2 Å². The summed E-state index contributed by atoms with van der Waals surface area (Å²) >= 11 is 1.71. The van der Waals surface area contributed by atoms with E-state index in [1.165, 1.54) is 4.88 Å². The highest BCUT2D eigenvalue weighted by Crippen LogP contribution is 2.29. The third-order valence-electron chi connectivity index (χ3n) is 3.72. The number of nitrogens with zero attached hydrogens (tertiary/aromatic N) is 1. The molecule has 0 saturated carbocycles. The summed E-state index contributed by atoms with van der Waals surface area (Å²) in [6.07, 6.45) is 3.15. The maximum Gasteiger partial charge on any atom is 0.241 e. The molecule has 1 fully saturated rings. The van der Waals surface area contributed by atoms with Gasteiger partial charge in [0, 0.05) is 18.0 Å². The summed E-state index contributed by atoms with van der Waals surface area (Å²) in [6.45, 7) is 7.72. The van der Waals surface area contributed by atoms with Gasteiger partial charge in [-0.15, -0.1) is 11.3 Å². The molecule has 0 radical (unpaired) electrons. The molecule has 0 aromatic carbocycles. The summed E-state index contributed by atoms with van der Waals surface area (Å²) in [4.78, 5) is 15.7. The third kappa shape index (κ3) is 4.28. The molecular formula is C16H26N2O2S. The second-order valence-corrected chi connectivity index (χ2v) is 6.68. The largest absolute Gasteiger partial charge is 0.379 e. The Labute approximate surface area is 131 Å². The van der Waals surface area contributed by atoms with Crippen LogP contribution in [-0.2, 0) is 9.53 Å². The summed E-state index contributed by atoms with van der Waals surface area (Å²) in [5.41, 5.74) is 0. The quantitative estimate of drug-likeness (QED) is 0.750. The molecule has 2 heterocycles. The van der Waals surface area contributed by atoms with E-state index in [9.17, 15) is 4.79 Å². The molecule has 0 spiro atoms. The van der Waals surface area contributed by atoms with E-state index in [-0.39, 0.29) is 24.2 Å². The monoisotopic (exact) mass is 310 g/mol. The molecule has 1 aliphatic rings. The topological polar surface area (TPSA) is 41.6 Å². The Balaban J connectivity index is 1.89. The number of rotatable bonds is 8. The fourth-order valence-electron chi connectivity index (χ4n) is 2.60. The highest BCUT2D eigenvalue weighted by Gasteiger charge is 2.38. The Hall–Kier alpha value is -0.910. The van der Waals surface area contributed by atoms with Crippen LogP contribution < -0.4 is 5.32 Å².